The summed E-state index contributed by atoms with van der Waals surface area (Å²) < 4.78 is 6.77. The van der Waals surface area contributed by atoms with Gasteiger partial charge in [-0.15, -0.1) is 0 Å². The predicted molar refractivity (Wildman–Crippen MR) is 57.7 cm³/mol. The first-order valence-corrected chi connectivity index (χ1v) is 5.05. The molecule has 1 N–H and O–H groups in total. The van der Waals surface area contributed by atoms with Gasteiger partial charge in [0.05, 0.1) is 11.9 Å². The Bertz CT molecular complexity index is 320. The van der Waals surface area contributed by atoms with Crippen LogP contribution in [0, 0.1) is 0 Å². The maximum absolute atomic E-state index is 11.3. The highest BCUT2D eigenvalue weighted by Gasteiger charge is 2.05. The lowest BCUT2D eigenvalue weighted by atomic mass is 10.4. The molecule has 1 rings (SSSR count). The SMILES string of the molecule is CCOCC(=O)Nc1cnn(C(C)C)c1. The smallest absolute Gasteiger partial charge is 0.250 e. The second-order valence-electron chi connectivity index (χ2n) is 3.49. The standard InChI is InChI=1S/C10H17N3O2/c1-4-15-7-10(14)12-9-5-11-13(6-9)8(2)3/h5-6,8H,4,7H2,1-3H3,(H,12,14). The quantitative estimate of drug-likeness (QED) is 0.801. The summed E-state index contributed by atoms with van der Waals surface area (Å²) >= 11 is 0. The molecule has 0 aliphatic heterocycles. The number of nitrogens with zero attached hydrogens (tertiary/aromatic N) is 2. The van der Waals surface area contributed by atoms with Crippen LogP contribution in [-0.4, -0.2) is 28.9 Å². The van der Waals surface area contributed by atoms with Crippen molar-refractivity contribution in [2.24, 2.45) is 0 Å². The summed E-state index contributed by atoms with van der Waals surface area (Å²) in [5.41, 5.74) is 0.702. The molecule has 0 saturated carbocycles. The van der Waals surface area contributed by atoms with E-state index in [2.05, 4.69) is 10.4 Å². The van der Waals surface area contributed by atoms with Gasteiger partial charge < -0.3 is 10.1 Å². The average Bonchev–Trinajstić information content (AvgIpc) is 2.63. The van der Waals surface area contributed by atoms with Crippen molar-refractivity contribution in [3.8, 4) is 0 Å². The molecule has 1 aromatic heterocycles. The molecule has 1 amide bonds. The van der Waals surface area contributed by atoms with Gasteiger partial charge in [-0.1, -0.05) is 0 Å². The molecule has 84 valence electrons. The Morgan fingerprint density at radius 2 is 2.40 bits per heavy atom. The molecule has 0 radical (unpaired) electrons. The number of amides is 1. The Labute approximate surface area is 89.4 Å². The molecule has 0 aliphatic carbocycles. The predicted octanol–water partition coefficient (Wildman–Crippen LogP) is 1.44. The van der Waals surface area contributed by atoms with Crippen molar-refractivity contribution >= 4 is 11.6 Å². The summed E-state index contributed by atoms with van der Waals surface area (Å²) in [4.78, 5) is 11.3. The van der Waals surface area contributed by atoms with Crippen molar-refractivity contribution in [2.45, 2.75) is 26.8 Å². The van der Waals surface area contributed by atoms with Crippen LogP contribution >= 0.6 is 0 Å². The van der Waals surface area contributed by atoms with Gasteiger partial charge in [-0.25, -0.2) is 0 Å². The number of hydrogen-bond acceptors (Lipinski definition) is 3. The lowest BCUT2D eigenvalue weighted by Crippen LogP contribution is -2.17. The normalized spacial score (nSPS) is 10.7. The number of anilines is 1. The number of carbonyl (C=O) groups is 1. The van der Waals surface area contributed by atoms with Crippen LogP contribution in [0.4, 0.5) is 5.69 Å². The molecule has 15 heavy (non-hydrogen) atoms. The van der Waals surface area contributed by atoms with E-state index in [4.69, 9.17) is 4.74 Å². The molecular weight excluding hydrogens is 194 g/mol. The molecule has 0 saturated heterocycles. The zero-order chi connectivity index (χ0) is 11.3. The number of nitrogens with one attached hydrogen (secondary N) is 1. The summed E-state index contributed by atoms with van der Waals surface area (Å²) in [5, 5.41) is 6.81. The molecule has 0 atom stereocenters. The van der Waals surface area contributed by atoms with Crippen molar-refractivity contribution in [1.82, 2.24) is 9.78 Å². The highest BCUT2D eigenvalue weighted by atomic mass is 16.5. The van der Waals surface area contributed by atoms with E-state index in [0.717, 1.165) is 0 Å². The first kappa shape index (κ1) is 11.7. The summed E-state index contributed by atoms with van der Waals surface area (Å²) in [6.45, 7) is 6.53. The average molecular weight is 211 g/mol. The molecule has 1 aromatic rings. The Hall–Kier alpha value is -1.36. The van der Waals surface area contributed by atoms with Crippen LogP contribution in [0.15, 0.2) is 12.4 Å². The summed E-state index contributed by atoms with van der Waals surface area (Å²) in [6, 6.07) is 0.294. The molecule has 5 heteroatoms. The van der Waals surface area contributed by atoms with Gasteiger partial charge in [0, 0.05) is 18.8 Å². The van der Waals surface area contributed by atoms with E-state index in [1.165, 1.54) is 0 Å². The fraction of sp³-hybridized carbons (Fsp3) is 0.600. The second-order valence-corrected chi connectivity index (χ2v) is 3.49. The van der Waals surface area contributed by atoms with Crippen molar-refractivity contribution in [3.63, 3.8) is 0 Å². The minimum absolute atomic E-state index is 0.0867. The number of carbonyl (C=O) groups excluding carboxylic acids is 1. The van der Waals surface area contributed by atoms with Crippen LogP contribution < -0.4 is 5.32 Å². The summed E-state index contributed by atoms with van der Waals surface area (Å²) in [7, 11) is 0. The fourth-order valence-corrected chi connectivity index (χ4v) is 1.08. The molecule has 0 spiro atoms. The Balaban J connectivity index is 2.46. The third kappa shape index (κ3) is 3.71. The van der Waals surface area contributed by atoms with Crippen molar-refractivity contribution < 1.29 is 9.53 Å². The lowest BCUT2D eigenvalue weighted by Gasteiger charge is -2.04. The van der Waals surface area contributed by atoms with E-state index in [1.54, 1.807) is 17.1 Å². The number of aromatic nitrogens is 2. The van der Waals surface area contributed by atoms with Crippen LogP contribution in [0.25, 0.3) is 0 Å². The van der Waals surface area contributed by atoms with Gasteiger partial charge in [0.15, 0.2) is 0 Å². The van der Waals surface area contributed by atoms with Crippen LogP contribution in [0.5, 0.6) is 0 Å². The van der Waals surface area contributed by atoms with E-state index in [1.807, 2.05) is 20.8 Å². The van der Waals surface area contributed by atoms with E-state index in [0.29, 0.717) is 18.3 Å². The van der Waals surface area contributed by atoms with E-state index >= 15 is 0 Å². The third-order valence-electron chi connectivity index (χ3n) is 1.85. The number of hydrogen-bond donors (Lipinski definition) is 1. The van der Waals surface area contributed by atoms with Gasteiger partial charge >= 0.3 is 0 Å². The zero-order valence-electron chi connectivity index (χ0n) is 9.36. The van der Waals surface area contributed by atoms with Gasteiger partial charge in [0.2, 0.25) is 5.91 Å². The third-order valence-corrected chi connectivity index (χ3v) is 1.85. The van der Waals surface area contributed by atoms with Crippen LogP contribution in [0.2, 0.25) is 0 Å². The van der Waals surface area contributed by atoms with Gasteiger partial charge in [-0.3, -0.25) is 9.48 Å². The molecule has 0 fully saturated rings. The zero-order valence-corrected chi connectivity index (χ0v) is 9.36. The molecule has 5 nitrogen and oxygen atoms in total. The van der Waals surface area contributed by atoms with Gasteiger partial charge in [-0.05, 0) is 20.8 Å². The highest BCUT2D eigenvalue weighted by molar-refractivity contribution is 5.91. The Morgan fingerprint density at radius 3 is 2.93 bits per heavy atom. The maximum atomic E-state index is 11.3. The van der Waals surface area contributed by atoms with Crippen LogP contribution in [-0.2, 0) is 9.53 Å². The van der Waals surface area contributed by atoms with Crippen molar-refractivity contribution in [3.05, 3.63) is 12.4 Å². The Kier molecular flexibility index (Phi) is 4.30. The number of ether oxygens (including phenoxy) is 1. The van der Waals surface area contributed by atoms with E-state index < -0.39 is 0 Å². The molecule has 0 unspecified atom stereocenters. The molecule has 0 aromatic carbocycles. The van der Waals surface area contributed by atoms with E-state index in [-0.39, 0.29) is 12.5 Å². The molecule has 1 heterocycles. The second kappa shape index (κ2) is 5.50. The van der Waals surface area contributed by atoms with Crippen molar-refractivity contribution in [2.75, 3.05) is 18.5 Å². The maximum Gasteiger partial charge on any atom is 0.250 e. The molecule has 0 aliphatic rings. The van der Waals surface area contributed by atoms with Crippen molar-refractivity contribution in [1.29, 1.82) is 0 Å². The minimum atomic E-state index is -0.153. The topological polar surface area (TPSA) is 56.1 Å². The first-order chi connectivity index (χ1) is 7.13. The summed E-state index contributed by atoms with van der Waals surface area (Å²) in [6.07, 6.45) is 3.43. The fourth-order valence-electron chi connectivity index (χ4n) is 1.08. The van der Waals surface area contributed by atoms with Crippen LogP contribution in [0.1, 0.15) is 26.8 Å². The monoisotopic (exact) mass is 211 g/mol. The van der Waals surface area contributed by atoms with Gasteiger partial charge in [0.1, 0.15) is 6.61 Å². The van der Waals surface area contributed by atoms with Gasteiger partial charge in [0.25, 0.3) is 0 Å². The Morgan fingerprint density at radius 1 is 1.67 bits per heavy atom. The molecule has 0 bridgehead atoms. The summed E-state index contributed by atoms with van der Waals surface area (Å²) in [5.74, 6) is -0.153. The minimum Gasteiger partial charge on any atom is -0.372 e. The largest absolute Gasteiger partial charge is 0.372 e. The first-order valence-electron chi connectivity index (χ1n) is 5.05. The van der Waals surface area contributed by atoms with E-state index in [9.17, 15) is 4.79 Å². The highest BCUT2D eigenvalue weighted by Crippen LogP contribution is 2.09. The number of rotatable bonds is 5. The lowest BCUT2D eigenvalue weighted by molar-refractivity contribution is -0.120. The van der Waals surface area contributed by atoms with Crippen LogP contribution in [0.3, 0.4) is 0 Å². The molecular formula is C10H17N3O2. The van der Waals surface area contributed by atoms with Gasteiger partial charge in [-0.2, -0.15) is 5.10 Å².